The van der Waals surface area contributed by atoms with Crippen molar-refractivity contribution < 1.29 is 19.4 Å². The Labute approximate surface area is 145 Å². The number of rotatable bonds is 6. The van der Waals surface area contributed by atoms with Crippen LogP contribution in [0.25, 0.3) is 10.8 Å². The second kappa shape index (κ2) is 7.19. The molecule has 0 fully saturated rings. The fourth-order valence-corrected chi connectivity index (χ4v) is 4.32. The van der Waals surface area contributed by atoms with E-state index in [-0.39, 0.29) is 6.16 Å². The number of hydrogen-bond donors (Lipinski definition) is 3. The molecule has 0 amide bonds. The van der Waals surface area contributed by atoms with Crippen molar-refractivity contribution in [2.45, 2.75) is 12.2 Å². The van der Waals surface area contributed by atoms with Crippen molar-refractivity contribution in [3.63, 3.8) is 0 Å². The summed E-state index contributed by atoms with van der Waals surface area (Å²) in [5, 5.41) is 13.7. The molecule has 0 saturated heterocycles. The van der Waals surface area contributed by atoms with Gasteiger partial charge in [0.15, 0.2) is 0 Å². The van der Waals surface area contributed by atoms with Crippen molar-refractivity contribution in [1.82, 2.24) is 5.09 Å². The van der Waals surface area contributed by atoms with E-state index < -0.39 is 19.5 Å². The van der Waals surface area contributed by atoms with E-state index in [2.05, 4.69) is 5.09 Å². The number of carbonyl (C=O) groups is 1. The number of benzene rings is 3. The average Bonchev–Trinajstić information content (AvgIpc) is 2.60. The zero-order chi connectivity index (χ0) is 17.9. The van der Waals surface area contributed by atoms with Gasteiger partial charge in [0.2, 0.25) is 0 Å². The smallest absolute Gasteiger partial charge is 0.325 e. The molecule has 3 rings (SSSR count). The van der Waals surface area contributed by atoms with Gasteiger partial charge < -0.3 is 10.00 Å². The van der Waals surface area contributed by atoms with Gasteiger partial charge in [-0.2, -0.15) is 0 Å². The Kier molecular flexibility index (Phi) is 5.00. The standard InChI is InChI=1S/C19H18NO4P/c21-19(22)18(15-8-2-1-3-9-15)20-25(23,24)13-16-11-6-10-14-7-4-5-12-17(14)16/h1-12,18H,13H2,(H,21,22)(H2,20,23,24). The summed E-state index contributed by atoms with van der Waals surface area (Å²) >= 11 is 0. The second-order valence-electron chi connectivity index (χ2n) is 5.81. The molecule has 3 N–H and O–H groups in total. The topological polar surface area (TPSA) is 86.6 Å². The molecule has 0 aliphatic rings. The fourth-order valence-electron chi connectivity index (χ4n) is 2.83. The largest absolute Gasteiger partial charge is 0.480 e. The zero-order valence-corrected chi connectivity index (χ0v) is 14.3. The van der Waals surface area contributed by atoms with E-state index in [9.17, 15) is 19.4 Å². The van der Waals surface area contributed by atoms with E-state index >= 15 is 0 Å². The minimum Gasteiger partial charge on any atom is -0.480 e. The Morgan fingerprint density at radius 1 is 0.960 bits per heavy atom. The molecule has 0 aliphatic heterocycles. The molecule has 128 valence electrons. The first-order valence-corrected chi connectivity index (χ1v) is 9.65. The van der Waals surface area contributed by atoms with E-state index in [0.29, 0.717) is 11.1 Å². The summed E-state index contributed by atoms with van der Waals surface area (Å²) in [5.41, 5.74) is 1.14. The van der Waals surface area contributed by atoms with Gasteiger partial charge in [-0.1, -0.05) is 72.8 Å². The van der Waals surface area contributed by atoms with Gasteiger partial charge >= 0.3 is 5.97 Å². The first-order valence-electron chi connectivity index (χ1n) is 7.80. The van der Waals surface area contributed by atoms with Crippen LogP contribution in [0.2, 0.25) is 0 Å². The number of fused-ring (bicyclic) bond motifs is 1. The molecule has 0 radical (unpaired) electrons. The summed E-state index contributed by atoms with van der Waals surface area (Å²) in [4.78, 5) is 21.9. The predicted molar refractivity (Wildman–Crippen MR) is 97.4 cm³/mol. The highest BCUT2D eigenvalue weighted by atomic mass is 31.2. The molecule has 25 heavy (non-hydrogen) atoms. The molecule has 2 unspecified atom stereocenters. The number of nitrogens with one attached hydrogen (secondary N) is 1. The van der Waals surface area contributed by atoms with Gasteiger partial charge in [-0.05, 0) is 21.9 Å². The Hall–Kier alpha value is -2.46. The SMILES string of the molecule is O=C(O)C(NP(=O)(O)Cc1cccc2ccccc12)c1ccccc1. The van der Waals surface area contributed by atoms with Crippen molar-refractivity contribution in [2.75, 3.05) is 0 Å². The first kappa shape index (κ1) is 17.4. The molecule has 3 aromatic carbocycles. The van der Waals surface area contributed by atoms with Gasteiger partial charge in [-0.3, -0.25) is 9.36 Å². The van der Waals surface area contributed by atoms with Crippen LogP contribution in [0.15, 0.2) is 72.8 Å². The van der Waals surface area contributed by atoms with E-state index in [1.807, 2.05) is 36.4 Å². The minimum absolute atomic E-state index is 0.148. The molecule has 0 aromatic heterocycles. The van der Waals surface area contributed by atoms with E-state index in [0.717, 1.165) is 10.8 Å². The zero-order valence-electron chi connectivity index (χ0n) is 13.4. The highest BCUT2D eigenvalue weighted by Gasteiger charge is 2.29. The Balaban J connectivity index is 1.88. The lowest BCUT2D eigenvalue weighted by molar-refractivity contribution is -0.139. The molecule has 6 heteroatoms. The molecule has 0 heterocycles. The Morgan fingerprint density at radius 2 is 1.60 bits per heavy atom. The van der Waals surface area contributed by atoms with Crippen LogP contribution in [0.3, 0.4) is 0 Å². The third-order valence-electron chi connectivity index (χ3n) is 3.98. The van der Waals surface area contributed by atoms with Gasteiger partial charge in [-0.15, -0.1) is 0 Å². The maximum absolute atomic E-state index is 12.7. The number of hydrogen-bond acceptors (Lipinski definition) is 2. The van der Waals surface area contributed by atoms with Gasteiger partial charge in [0, 0.05) is 0 Å². The van der Waals surface area contributed by atoms with Crippen LogP contribution in [-0.4, -0.2) is 16.0 Å². The molecule has 3 aromatic rings. The lowest BCUT2D eigenvalue weighted by Gasteiger charge is -2.20. The molecule has 0 saturated carbocycles. The van der Waals surface area contributed by atoms with Gasteiger partial charge in [-0.25, -0.2) is 5.09 Å². The van der Waals surface area contributed by atoms with Crippen molar-refractivity contribution in [3.05, 3.63) is 83.9 Å². The van der Waals surface area contributed by atoms with Crippen molar-refractivity contribution >= 4 is 24.3 Å². The van der Waals surface area contributed by atoms with Gasteiger partial charge in [0.25, 0.3) is 7.52 Å². The van der Waals surface area contributed by atoms with Crippen LogP contribution < -0.4 is 5.09 Å². The summed E-state index contributed by atoms with van der Waals surface area (Å²) in [6, 6.07) is 20.3. The third-order valence-corrected chi connectivity index (χ3v) is 5.41. The van der Waals surface area contributed by atoms with Crippen molar-refractivity contribution in [1.29, 1.82) is 0 Å². The van der Waals surface area contributed by atoms with Gasteiger partial charge in [0.1, 0.15) is 6.04 Å². The summed E-state index contributed by atoms with van der Waals surface area (Å²) in [7, 11) is -3.93. The average molecular weight is 355 g/mol. The third kappa shape index (κ3) is 4.15. The van der Waals surface area contributed by atoms with Crippen molar-refractivity contribution in [2.24, 2.45) is 0 Å². The van der Waals surface area contributed by atoms with E-state index in [1.54, 1.807) is 36.4 Å². The van der Waals surface area contributed by atoms with Crippen LogP contribution in [0, 0.1) is 0 Å². The summed E-state index contributed by atoms with van der Waals surface area (Å²) < 4.78 is 12.7. The van der Waals surface area contributed by atoms with Crippen LogP contribution in [0.1, 0.15) is 17.2 Å². The summed E-state index contributed by atoms with van der Waals surface area (Å²) in [6.45, 7) is 0. The molecule has 0 aliphatic carbocycles. The normalized spacial score (nSPS) is 14.8. The highest BCUT2D eigenvalue weighted by molar-refractivity contribution is 7.55. The van der Waals surface area contributed by atoms with E-state index in [1.165, 1.54) is 0 Å². The minimum atomic E-state index is -3.93. The lowest BCUT2D eigenvalue weighted by atomic mass is 10.1. The van der Waals surface area contributed by atoms with Gasteiger partial charge in [0.05, 0.1) is 6.16 Å². The molecule has 0 bridgehead atoms. The number of carboxylic acids is 1. The maximum atomic E-state index is 12.7. The molecule has 5 nitrogen and oxygen atoms in total. The summed E-state index contributed by atoms with van der Waals surface area (Å²) in [5.74, 6) is -1.20. The predicted octanol–water partition coefficient (Wildman–Crippen LogP) is 3.94. The summed E-state index contributed by atoms with van der Waals surface area (Å²) in [6.07, 6.45) is -0.148. The fraction of sp³-hybridized carbons (Fsp3) is 0.105. The number of carboxylic acid groups (broad SMARTS) is 1. The lowest BCUT2D eigenvalue weighted by Crippen LogP contribution is -2.26. The number of aliphatic carboxylic acids is 1. The second-order valence-corrected chi connectivity index (χ2v) is 7.79. The van der Waals surface area contributed by atoms with Crippen LogP contribution in [0.4, 0.5) is 0 Å². The molecule has 0 spiro atoms. The molecule has 2 atom stereocenters. The molecular weight excluding hydrogens is 337 g/mol. The van der Waals surface area contributed by atoms with Crippen LogP contribution in [-0.2, 0) is 15.5 Å². The first-order chi connectivity index (χ1) is 12.0. The van der Waals surface area contributed by atoms with Crippen LogP contribution in [0.5, 0.6) is 0 Å². The van der Waals surface area contributed by atoms with E-state index in [4.69, 9.17) is 0 Å². The Morgan fingerprint density at radius 3 is 2.32 bits per heavy atom. The maximum Gasteiger partial charge on any atom is 0.325 e. The van der Waals surface area contributed by atoms with Crippen LogP contribution >= 0.6 is 7.52 Å². The monoisotopic (exact) mass is 355 g/mol. The molecular formula is C19H18NO4P. The highest BCUT2D eigenvalue weighted by Crippen LogP contribution is 2.44. The van der Waals surface area contributed by atoms with Crippen molar-refractivity contribution in [3.8, 4) is 0 Å². The Bertz CT molecular complexity index is 937. The quantitative estimate of drug-likeness (QED) is 0.583.